The van der Waals surface area contributed by atoms with Crippen molar-refractivity contribution in [2.24, 2.45) is 0 Å². The van der Waals surface area contributed by atoms with Crippen LogP contribution < -0.4 is 5.32 Å². The number of hydrogen-bond acceptors (Lipinski definition) is 3. The van der Waals surface area contributed by atoms with Crippen LogP contribution in [0.25, 0.3) is 0 Å². The van der Waals surface area contributed by atoms with Crippen LogP contribution in [0, 0.1) is 0 Å². The summed E-state index contributed by atoms with van der Waals surface area (Å²) in [5, 5.41) is 3.52. The van der Waals surface area contributed by atoms with Crippen molar-refractivity contribution in [3.05, 3.63) is 60.4 Å². The maximum atomic E-state index is 12.7. The fourth-order valence-electron chi connectivity index (χ4n) is 3.52. The minimum Gasteiger partial charge on any atom is -0.381 e. The number of amides is 1. The molecule has 0 radical (unpaired) electrons. The van der Waals surface area contributed by atoms with Gasteiger partial charge in [0.25, 0.3) is 0 Å². The van der Waals surface area contributed by atoms with Gasteiger partial charge in [-0.05, 0) is 42.9 Å². The van der Waals surface area contributed by atoms with E-state index in [1.54, 1.807) is 6.20 Å². The highest BCUT2D eigenvalue weighted by Crippen LogP contribution is 2.25. The molecule has 25 heavy (non-hydrogen) atoms. The molecule has 1 amide bonds. The average Bonchev–Trinajstić information content (AvgIpc) is 2.68. The summed E-state index contributed by atoms with van der Waals surface area (Å²) in [6, 6.07) is 14.8. The van der Waals surface area contributed by atoms with E-state index in [1.165, 1.54) is 5.56 Å². The van der Waals surface area contributed by atoms with Gasteiger partial charge in [-0.15, -0.1) is 0 Å². The Kier molecular flexibility index (Phi) is 6.04. The van der Waals surface area contributed by atoms with Crippen molar-refractivity contribution in [1.29, 1.82) is 0 Å². The van der Waals surface area contributed by atoms with Gasteiger partial charge in [-0.1, -0.05) is 37.3 Å². The number of rotatable bonds is 6. The van der Waals surface area contributed by atoms with E-state index >= 15 is 0 Å². The highest BCUT2D eigenvalue weighted by molar-refractivity contribution is 5.77. The van der Waals surface area contributed by atoms with E-state index in [0.29, 0.717) is 18.4 Å². The van der Waals surface area contributed by atoms with E-state index < -0.39 is 0 Å². The van der Waals surface area contributed by atoms with Crippen LogP contribution in [-0.2, 0) is 4.79 Å². The number of pyridine rings is 1. The highest BCUT2D eigenvalue weighted by Gasteiger charge is 2.24. The van der Waals surface area contributed by atoms with Crippen molar-refractivity contribution in [3.63, 3.8) is 0 Å². The maximum absolute atomic E-state index is 12.7. The number of aromatic nitrogens is 1. The van der Waals surface area contributed by atoms with Gasteiger partial charge in [0, 0.05) is 37.9 Å². The molecule has 1 aliphatic heterocycles. The summed E-state index contributed by atoms with van der Waals surface area (Å²) >= 11 is 0. The zero-order valence-corrected chi connectivity index (χ0v) is 14.9. The maximum Gasteiger partial charge on any atom is 0.223 e. The van der Waals surface area contributed by atoms with Crippen LogP contribution >= 0.6 is 0 Å². The SMILES string of the molecule is CCC(CC(=O)N1CCC(Nc2cccnc2)CC1)c1ccccc1. The van der Waals surface area contributed by atoms with E-state index in [4.69, 9.17) is 0 Å². The van der Waals surface area contributed by atoms with E-state index in [9.17, 15) is 4.79 Å². The molecule has 2 aromatic rings. The summed E-state index contributed by atoms with van der Waals surface area (Å²) < 4.78 is 0. The van der Waals surface area contributed by atoms with Gasteiger partial charge in [-0.3, -0.25) is 9.78 Å². The van der Waals surface area contributed by atoms with Gasteiger partial charge in [0.05, 0.1) is 5.69 Å². The van der Waals surface area contributed by atoms with E-state index in [-0.39, 0.29) is 5.91 Å². The van der Waals surface area contributed by atoms with Gasteiger partial charge < -0.3 is 10.2 Å². The first-order valence-electron chi connectivity index (χ1n) is 9.25. The van der Waals surface area contributed by atoms with E-state index in [0.717, 1.165) is 38.0 Å². The minimum atomic E-state index is 0.288. The fraction of sp³-hybridized carbons (Fsp3) is 0.429. The summed E-state index contributed by atoms with van der Waals surface area (Å²) in [6.07, 6.45) is 7.22. The number of carbonyl (C=O) groups excluding carboxylic acids is 1. The predicted molar refractivity (Wildman–Crippen MR) is 102 cm³/mol. The normalized spacial score (nSPS) is 16.4. The van der Waals surface area contributed by atoms with Crippen molar-refractivity contribution in [2.75, 3.05) is 18.4 Å². The Hall–Kier alpha value is -2.36. The highest BCUT2D eigenvalue weighted by atomic mass is 16.2. The Morgan fingerprint density at radius 1 is 1.20 bits per heavy atom. The first-order chi connectivity index (χ1) is 12.3. The lowest BCUT2D eigenvalue weighted by Crippen LogP contribution is -2.42. The second kappa shape index (κ2) is 8.65. The van der Waals surface area contributed by atoms with Crippen LogP contribution in [-0.4, -0.2) is 34.9 Å². The third-order valence-corrected chi connectivity index (χ3v) is 5.06. The molecule has 0 saturated carbocycles. The number of likely N-dealkylation sites (tertiary alicyclic amines) is 1. The molecule has 4 heteroatoms. The summed E-state index contributed by atoms with van der Waals surface area (Å²) in [7, 11) is 0. The number of anilines is 1. The molecule has 1 saturated heterocycles. The molecule has 132 valence electrons. The van der Waals surface area contributed by atoms with Gasteiger partial charge in [-0.2, -0.15) is 0 Å². The van der Waals surface area contributed by atoms with E-state index in [2.05, 4.69) is 41.5 Å². The zero-order valence-electron chi connectivity index (χ0n) is 14.9. The number of benzene rings is 1. The predicted octanol–water partition coefficient (Wildman–Crippen LogP) is 4.07. The summed E-state index contributed by atoms with van der Waals surface area (Å²) in [4.78, 5) is 18.9. The van der Waals surface area contributed by atoms with Crippen LogP contribution in [0.4, 0.5) is 5.69 Å². The second-order valence-corrected chi connectivity index (χ2v) is 6.76. The Labute approximate surface area is 150 Å². The molecular weight excluding hydrogens is 310 g/mol. The number of hydrogen-bond donors (Lipinski definition) is 1. The van der Waals surface area contributed by atoms with Crippen molar-refractivity contribution in [2.45, 2.75) is 44.6 Å². The van der Waals surface area contributed by atoms with Crippen molar-refractivity contribution in [3.8, 4) is 0 Å². The third-order valence-electron chi connectivity index (χ3n) is 5.06. The molecule has 3 rings (SSSR count). The van der Waals surface area contributed by atoms with Crippen LogP contribution in [0.1, 0.15) is 44.1 Å². The number of nitrogens with zero attached hydrogens (tertiary/aromatic N) is 2. The van der Waals surface area contributed by atoms with Gasteiger partial charge in [0.15, 0.2) is 0 Å². The molecular formula is C21H27N3O. The molecule has 1 aliphatic rings. The van der Waals surface area contributed by atoms with Crippen LogP contribution in [0.15, 0.2) is 54.9 Å². The lowest BCUT2D eigenvalue weighted by Gasteiger charge is -2.33. The molecule has 0 bridgehead atoms. The first kappa shape index (κ1) is 17.5. The lowest BCUT2D eigenvalue weighted by molar-refractivity contribution is -0.132. The summed E-state index contributed by atoms with van der Waals surface area (Å²) in [5.41, 5.74) is 2.33. The number of carbonyl (C=O) groups is 1. The molecule has 0 spiro atoms. The van der Waals surface area contributed by atoms with Crippen LogP contribution in [0.2, 0.25) is 0 Å². The first-order valence-corrected chi connectivity index (χ1v) is 9.25. The van der Waals surface area contributed by atoms with E-state index in [1.807, 2.05) is 29.3 Å². The smallest absolute Gasteiger partial charge is 0.223 e. The second-order valence-electron chi connectivity index (χ2n) is 6.76. The van der Waals surface area contributed by atoms with Crippen molar-refractivity contribution in [1.82, 2.24) is 9.88 Å². The standard InChI is InChI=1S/C21H27N3O/c1-2-17(18-7-4-3-5-8-18)15-21(25)24-13-10-19(11-14-24)23-20-9-6-12-22-16-20/h3-9,12,16-17,19,23H,2,10-11,13-15H2,1H3. The molecule has 1 unspecified atom stereocenters. The van der Waals surface area contributed by atoms with Crippen LogP contribution in [0.3, 0.4) is 0 Å². The van der Waals surface area contributed by atoms with Crippen molar-refractivity contribution >= 4 is 11.6 Å². The molecule has 1 atom stereocenters. The Morgan fingerprint density at radius 2 is 1.96 bits per heavy atom. The van der Waals surface area contributed by atoms with Gasteiger partial charge in [0.1, 0.15) is 0 Å². The molecule has 1 N–H and O–H groups in total. The molecule has 0 aliphatic carbocycles. The molecule has 2 heterocycles. The topological polar surface area (TPSA) is 45.2 Å². The largest absolute Gasteiger partial charge is 0.381 e. The third kappa shape index (κ3) is 4.81. The average molecular weight is 337 g/mol. The molecule has 1 fully saturated rings. The van der Waals surface area contributed by atoms with Crippen molar-refractivity contribution < 1.29 is 4.79 Å². The van der Waals surface area contributed by atoms with Gasteiger partial charge in [-0.25, -0.2) is 0 Å². The zero-order chi connectivity index (χ0) is 17.5. The lowest BCUT2D eigenvalue weighted by atomic mass is 9.92. The Balaban J connectivity index is 1.49. The monoisotopic (exact) mass is 337 g/mol. The summed E-state index contributed by atoms with van der Waals surface area (Å²) in [5.74, 6) is 0.607. The minimum absolute atomic E-state index is 0.288. The fourth-order valence-corrected chi connectivity index (χ4v) is 3.52. The summed E-state index contributed by atoms with van der Waals surface area (Å²) in [6.45, 7) is 3.83. The molecule has 1 aromatic carbocycles. The van der Waals surface area contributed by atoms with Crippen LogP contribution in [0.5, 0.6) is 0 Å². The number of piperidine rings is 1. The molecule has 1 aromatic heterocycles. The van der Waals surface area contributed by atoms with Gasteiger partial charge in [0.2, 0.25) is 5.91 Å². The Bertz CT molecular complexity index is 651. The quantitative estimate of drug-likeness (QED) is 0.864. The Morgan fingerprint density at radius 3 is 2.60 bits per heavy atom. The molecule has 4 nitrogen and oxygen atoms in total. The number of nitrogens with one attached hydrogen (secondary N) is 1. The van der Waals surface area contributed by atoms with Gasteiger partial charge >= 0.3 is 0 Å².